The summed E-state index contributed by atoms with van der Waals surface area (Å²) in [5.41, 5.74) is 0. The minimum absolute atomic E-state index is 0.218. The number of phosphoric ester groups is 1. The van der Waals surface area contributed by atoms with Crippen molar-refractivity contribution < 1.29 is 37.9 Å². The predicted octanol–water partition coefficient (Wildman–Crippen LogP) is 12.1. The number of rotatable bonds is 38. The van der Waals surface area contributed by atoms with Crippen LogP contribution in [0.2, 0.25) is 0 Å². The van der Waals surface area contributed by atoms with Crippen molar-refractivity contribution >= 4 is 19.8 Å². The van der Waals surface area contributed by atoms with E-state index in [9.17, 15) is 14.2 Å². The molecule has 0 amide bonds. The molecule has 0 aliphatic heterocycles. The van der Waals surface area contributed by atoms with Crippen LogP contribution >= 0.6 is 7.82 Å². The first-order valence-corrected chi connectivity index (χ1v) is 21.9. The molecule has 0 unspecified atom stereocenters. The van der Waals surface area contributed by atoms with Gasteiger partial charge in [0.15, 0.2) is 6.10 Å². The van der Waals surface area contributed by atoms with Gasteiger partial charge in [0.2, 0.25) is 0 Å². The van der Waals surface area contributed by atoms with E-state index in [0.29, 0.717) is 6.42 Å². The summed E-state index contributed by atoms with van der Waals surface area (Å²) in [6, 6.07) is 0. The smallest absolute Gasteiger partial charge is 0.462 e. The number of ether oxygens (including phenoxy) is 2. The molecule has 0 saturated carbocycles. The molecule has 0 aromatic heterocycles. The van der Waals surface area contributed by atoms with Crippen molar-refractivity contribution in [2.75, 3.05) is 13.2 Å². The molecule has 9 heteroatoms. The van der Waals surface area contributed by atoms with Gasteiger partial charge in [-0.25, -0.2) is 4.57 Å². The monoisotopic (exact) mass is 705 g/mol. The molecule has 0 spiro atoms. The van der Waals surface area contributed by atoms with Gasteiger partial charge in [-0.3, -0.25) is 14.1 Å². The number of carbonyl (C=O) groups excluding carboxylic acids is 2. The van der Waals surface area contributed by atoms with E-state index < -0.39 is 32.5 Å². The second kappa shape index (κ2) is 35.9. The number of unbranched alkanes of at least 4 members (excludes halogenated alkanes) is 28. The molecule has 0 radical (unpaired) electrons. The van der Waals surface area contributed by atoms with Crippen molar-refractivity contribution in [3.8, 4) is 0 Å². The molecule has 0 fully saturated rings. The third-order valence-electron chi connectivity index (χ3n) is 9.13. The van der Waals surface area contributed by atoms with Crippen molar-refractivity contribution in [1.29, 1.82) is 0 Å². The predicted molar refractivity (Wildman–Crippen MR) is 198 cm³/mol. The van der Waals surface area contributed by atoms with Gasteiger partial charge in [0.05, 0.1) is 6.61 Å². The van der Waals surface area contributed by atoms with Crippen LogP contribution < -0.4 is 0 Å². The van der Waals surface area contributed by atoms with Crippen molar-refractivity contribution in [1.82, 2.24) is 0 Å². The number of phosphoric acid groups is 1. The van der Waals surface area contributed by atoms with Gasteiger partial charge < -0.3 is 19.3 Å². The summed E-state index contributed by atoms with van der Waals surface area (Å²) in [5, 5.41) is 0. The lowest BCUT2D eigenvalue weighted by Crippen LogP contribution is -2.29. The molecule has 0 aliphatic rings. The summed E-state index contributed by atoms with van der Waals surface area (Å²) in [7, 11) is -4.74. The molecule has 0 aromatic rings. The van der Waals surface area contributed by atoms with Crippen molar-refractivity contribution in [3.05, 3.63) is 0 Å². The summed E-state index contributed by atoms with van der Waals surface area (Å²) in [5.74, 6) is -0.873. The lowest BCUT2D eigenvalue weighted by atomic mass is 10.0. The molecular weight excluding hydrogens is 627 g/mol. The Morgan fingerprint density at radius 1 is 0.458 bits per heavy atom. The molecule has 1 atom stereocenters. The van der Waals surface area contributed by atoms with Crippen molar-refractivity contribution in [2.24, 2.45) is 0 Å². The minimum atomic E-state index is -4.74. The molecule has 2 N–H and O–H groups in total. The molecule has 0 aromatic carbocycles. The zero-order chi connectivity index (χ0) is 35.4. The highest BCUT2D eigenvalue weighted by Crippen LogP contribution is 2.36. The minimum Gasteiger partial charge on any atom is -0.462 e. The number of hydrogen-bond acceptors (Lipinski definition) is 6. The van der Waals surface area contributed by atoms with E-state index in [1.165, 1.54) is 148 Å². The second-order valence-corrected chi connectivity index (χ2v) is 15.2. The third-order valence-corrected chi connectivity index (χ3v) is 9.61. The Morgan fingerprint density at radius 3 is 1.06 bits per heavy atom. The van der Waals surface area contributed by atoms with E-state index >= 15 is 0 Å². The van der Waals surface area contributed by atoms with E-state index in [1.54, 1.807) is 0 Å². The molecule has 0 heterocycles. The Morgan fingerprint density at radius 2 is 0.750 bits per heavy atom. The number of esters is 2. The van der Waals surface area contributed by atoms with Gasteiger partial charge >= 0.3 is 19.8 Å². The Labute approximate surface area is 295 Å². The van der Waals surface area contributed by atoms with Crippen LogP contribution in [0.1, 0.15) is 219 Å². The molecule has 286 valence electrons. The van der Waals surface area contributed by atoms with Gasteiger partial charge in [-0.05, 0) is 12.8 Å². The standard InChI is InChI=1S/C39H77O8P/c1-3-5-7-9-11-13-14-15-16-17-18-19-20-21-22-23-24-26-27-29-31-33-38(40)45-35-37(36-46-48(42,43)44)47-39(41)34-32-30-28-25-12-10-8-6-4-2/h37H,3-36H2,1-2H3,(H2,42,43,44)/t37-/m1/s1. The normalized spacial score (nSPS) is 12.3. The van der Waals surface area contributed by atoms with E-state index in [4.69, 9.17) is 19.3 Å². The highest BCUT2D eigenvalue weighted by atomic mass is 31.2. The van der Waals surface area contributed by atoms with Crippen LogP contribution in [-0.4, -0.2) is 41.0 Å². The zero-order valence-corrected chi connectivity index (χ0v) is 32.3. The van der Waals surface area contributed by atoms with Gasteiger partial charge in [-0.1, -0.05) is 194 Å². The van der Waals surface area contributed by atoms with Gasteiger partial charge in [0, 0.05) is 12.8 Å². The number of carbonyl (C=O) groups is 2. The fraction of sp³-hybridized carbons (Fsp3) is 0.949. The Bertz CT molecular complexity index is 756. The van der Waals surface area contributed by atoms with E-state index in [0.717, 1.165) is 38.5 Å². The maximum absolute atomic E-state index is 12.3. The van der Waals surface area contributed by atoms with Crippen molar-refractivity contribution in [3.63, 3.8) is 0 Å². The van der Waals surface area contributed by atoms with Crippen LogP contribution in [0, 0.1) is 0 Å². The lowest BCUT2D eigenvalue weighted by molar-refractivity contribution is -0.161. The summed E-state index contributed by atoms with van der Waals surface area (Å²) in [6.07, 6.45) is 37.0. The van der Waals surface area contributed by atoms with Crippen LogP contribution in [0.5, 0.6) is 0 Å². The molecule has 0 rings (SSSR count). The Kier molecular flexibility index (Phi) is 35.2. The maximum atomic E-state index is 12.3. The molecule has 0 saturated heterocycles. The van der Waals surface area contributed by atoms with Crippen molar-refractivity contribution in [2.45, 2.75) is 225 Å². The van der Waals surface area contributed by atoms with E-state index in [2.05, 4.69) is 18.4 Å². The maximum Gasteiger partial charge on any atom is 0.469 e. The van der Waals surface area contributed by atoms with Crippen LogP contribution in [0.25, 0.3) is 0 Å². The Hall–Kier alpha value is -0.950. The summed E-state index contributed by atoms with van der Waals surface area (Å²) in [4.78, 5) is 42.6. The third kappa shape index (κ3) is 37.9. The highest BCUT2D eigenvalue weighted by Gasteiger charge is 2.22. The summed E-state index contributed by atoms with van der Waals surface area (Å²) >= 11 is 0. The first kappa shape index (κ1) is 47.0. The average Bonchev–Trinajstić information content (AvgIpc) is 3.05. The Balaban J connectivity index is 3.77. The molecule has 0 bridgehead atoms. The van der Waals surface area contributed by atoms with Crippen LogP contribution in [-0.2, 0) is 28.2 Å². The van der Waals surface area contributed by atoms with Gasteiger partial charge in [-0.2, -0.15) is 0 Å². The van der Waals surface area contributed by atoms with Crippen LogP contribution in [0.4, 0.5) is 0 Å². The fourth-order valence-electron chi connectivity index (χ4n) is 6.08. The second-order valence-electron chi connectivity index (χ2n) is 14.0. The topological polar surface area (TPSA) is 119 Å². The highest BCUT2D eigenvalue weighted by molar-refractivity contribution is 7.46. The first-order chi connectivity index (χ1) is 23.3. The summed E-state index contributed by atoms with van der Waals surface area (Å²) < 4.78 is 26.3. The SMILES string of the molecule is CCCCCCCCCCCCCCCCCCCCCCCC(=O)OC[C@H](COP(=O)(O)O)OC(=O)CCCCCCCCCCC. The van der Waals surface area contributed by atoms with Gasteiger partial charge in [0.25, 0.3) is 0 Å². The van der Waals surface area contributed by atoms with E-state index in [-0.39, 0.29) is 19.4 Å². The molecule has 0 aliphatic carbocycles. The zero-order valence-electron chi connectivity index (χ0n) is 31.4. The largest absolute Gasteiger partial charge is 0.469 e. The van der Waals surface area contributed by atoms with Gasteiger partial charge in [0.1, 0.15) is 6.61 Å². The van der Waals surface area contributed by atoms with Crippen LogP contribution in [0.3, 0.4) is 0 Å². The molecular formula is C39H77O8P. The molecule has 8 nitrogen and oxygen atoms in total. The van der Waals surface area contributed by atoms with Gasteiger partial charge in [-0.15, -0.1) is 0 Å². The fourth-order valence-corrected chi connectivity index (χ4v) is 6.44. The van der Waals surface area contributed by atoms with Crippen LogP contribution in [0.15, 0.2) is 0 Å². The average molecular weight is 705 g/mol. The van der Waals surface area contributed by atoms with E-state index in [1.807, 2.05) is 0 Å². The molecule has 48 heavy (non-hydrogen) atoms. The number of hydrogen-bond donors (Lipinski definition) is 2. The quantitative estimate of drug-likeness (QED) is 0.0370. The summed E-state index contributed by atoms with van der Waals surface area (Å²) in [6.45, 7) is 3.68. The lowest BCUT2D eigenvalue weighted by Gasteiger charge is -2.18. The first-order valence-electron chi connectivity index (χ1n) is 20.3.